The number of carbonyl (C=O) groups excluding carboxylic acids is 1. The third kappa shape index (κ3) is 1.93. The summed E-state index contributed by atoms with van der Waals surface area (Å²) in [7, 11) is 1.40. The summed E-state index contributed by atoms with van der Waals surface area (Å²) in [6.45, 7) is 2.13. The number of hydrogen-bond acceptors (Lipinski definition) is 3. The molecule has 3 rings (SSSR count). The molecule has 1 fully saturated rings. The van der Waals surface area contributed by atoms with E-state index in [0.717, 1.165) is 30.6 Å². The van der Waals surface area contributed by atoms with E-state index in [4.69, 9.17) is 4.74 Å². The first-order valence-corrected chi connectivity index (χ1v) is 6.51. The van der Waals surface area contributed by atoms with Crippen LogP contribution in [0, 0.1) is 5.82 Å². The number of nitrogens with zero attached hydrogens (tertiary/aromatic N) is 1. The fourth-order valence-corrected chi connectivity index (χ4v) is 3.16. The Morgan fingerprint density at radius 1 is 1.42 bits per heavy atom. The summed E-state index contributed by atoms with van der Waals surface area (Å²) in [5.41, 5.74) is 2.03. The zero-order valence-corrected chi connectivity index (χ0v) is 10.9. The Morgan fingerprint density at radius 3 is 2.84 bits per heavy atom. The number of ether oxygens (including phenoxy) is 1. The molecular formula is C14H17FN2O2. The number of likely N-dealkylation sites (tertiary alicyclic amines) is 1. The number of hydrogen-bond donors (Lipinski definition) is 1. The third-order valence-electron chi connectivity index (χ3n) is 4.32. The molecule has 0 aromatic heterocycles. The number of halogens is 1. The Hall–Kier alpha value is -1.78. The third-order valence-corrected chi connectivity index (χ3v) is 4.32. The summed E-state index contributed by atoms with van der Waals surface area (Å²) in [6, 6.07) is 4.91. The van der Waals surface area contributed by atoms with Crippen LogP contribution in [0.4, 0.5) is 14.9 Å². The molecule has 2 heterocycles. The molecule has 1 aromatic rings. The van der Waals surface area contributed by atoms with Crippen molar-refractivity contribution in [1.82, 2.24) is 4.90 Å². The Morgan fingerprint density at radius 2 is 2.16 bits per heavy atom. The summed E-state index contributed by atoms with van der Waals surface area (Å²) in [4.78, 5) is 13.2. The highest BCUT2D eigenvalue weighted by atomic mass is 19.1. The van der Waals surface area contributed by atoms with Gasteiger partial charge >= 0.3 is 6.09 Å². The van der Waals surface area contributed by atoms with Gasteiger partial charge in [-0.05, 0) is 36.6 Å². The van der Waals surface area contributed by atoms with Crippen molar-refractivity contribution in [1.29, 1.82) is 0 Å². The predicted octanol–water partition coefficient (Wildman–Crippen LogP) is 2.35. The summed E-state index contributed by atoms with van der Waals surface area (Å²) in [6.07, 6.45) is 1.40. The number of fused-ring (bicyclic) bond motifs is 2. The molecule has 4 nitrogen and oxygen atoms in total. The lowest BCUT2D eigenvalue weighted by Gasteiger charge is -2.38. The van der Waals surface area contributed by atoms with E-state index in [9.17, 15) is 9.18 Å². The van der Waals surface area contributed by atoms with Gasteiger partial charge in [-0.15, -0.1) is 0 Å². The van der Waals surface area contributed by atoms with Crippen LogP contribution in [0.15, 0.2) is 18.2 Å². The number of benzene rings is 1. The van der Waals surface area contributed by atoms with Crippen LogP contribution in [0.2, 0.25) is 0 Å². The van der Waals surface area contributed by atoms with E-state index in [1.807, 2.05) is 0 Å². The lowest BCUT2D eigenvalue weighted by molar-refractivity contribution is 0.102. The van der Waals surface area contributed by atoms with Gasteiger partial charge in [-0.3, -0.25) is 0 Å². The fourth-order valence-electron chi connectivity index (χ4n) is 3.16. The Labute approximate surface area is 111 Å². The van der Waals surface area contributed by atoms with Gasteiger partial charge in [0.05, 0.1) is 7.11 Å². The van der Waals surface area contributed by atoms with Crippen molar-refractivity contribution >= 4 is 11.8 Å². The molecule has 0 unspecified atom stereocenters. The van der Waals surface area contributed by atoms with E-state index >= 15 is 0 Å². The average Bonchev–Trinajstić information content (AvgIpc) is 2.77. The second-order valence-corrected chi connectivity index (χ2v) is 5.28. The fraction of sp³-hybridized carbons (Fsp3) is 0.500. The van der Waals surface area contributed by atoms with Crippen LogP contribution in [-0.4, -0.2) is 37.7 Å². The summed E-state index contributed by atoms with van der Waals surface area (Å²) in [5.74, 6) is -0.197. The van der Waals surface area contributed by atoms with E-state index in [1.165, 1.54) is 13.2 Å². The maximum absolute atomic E-state index is 13.4. The topological polar surface area (TPSA) is 41.6 Å². The Bertz CT molecular complexity index is 510. The van der Waals surface area contributed by atoms with Crippen LogP contribution in [0.25, 0.3) is 0 Å². The molecule has 1 spiro atoms. The highest BCUT2D eigenvalue weighted by Crippen LogP contribution is 2.44. The number of rotatable bonds is 0. The minimum Gasteiger partial charge on any atom is -0.453 e. The first-order chi connectivity index (χ1) is 9.14. The second kappa shape index (κ2) is 4.40. The lowest BCUT2D eigenvalue weighted by Crippen LogP contribution is -2.46. The highest BCUT2D eigenvalue weighted by Gasteiger charge is 2.42. The number of carbonyl (C=O) groups is 1. The van der Waals surface area contributed by atoms with Crippen molar-refractivity contribution in [2.24, 2.45) is 0 Å². The van der Waals surface area contributed by atoms with Gasteiger partial charge in [0.25, 0.3) is 0 Å². The first-order valence-electron chi connectivity index (χ1n) is 6.51. The van der Waals surface area contributed by atoms with Gasteiger partial charge in [0.15, 0.2) is 0 Å². The van der Waals surface area contributed by atoms with Crippen LogP contribution in [0.1, 0.15) is 18.4 Å². The minimum atomic E-state index is -0.278. The second-order valence-electron chi connectivity index (χ2n) is 5.28. The quantitative estimate of drug-likeness (QED) is 0.782. The molecule has 19 heavy (non-hydrogen) atoms. The van der Waals surface area contributed by atoms with Crippen molar-refractivity contribution in [2.45, 2.75) is 18.3 Å². The number of amides is 1. The van der Waals surface area contributed by atoms with Crippen molar-refractivity contribution < 1.29 is 13.9 Å². The van der Waals surface area contributed by atoms with Crippen molar-refractivity contribution in [3.8, 4) is 0 Å². The van der Waals surface area contributed by atoms with Crippen LogP contribution >= 0.6 is 0 Å². The molecule has 5 heteroatoms. The predicted molar refractivity (Wildman–Crippen MR) is 69.8 cm³/mol. The van der Waals surface area contributed by atoms with Gasteiger partial charge in [-0.1, -0.05) is 0 Å². The first kappa shape index (κ1) is 12.3. The molecule has 0 radical (unpaired) electrons. The zero-order valence-electron chi connectivity index (χ0n) is 10.9. The summed E-state index contributed by atoms with van der Waals surface area (Å²) < 4.78 is 18.2. The van der Waals surface area contributed by atoms with E-state index in [-0.39, 0.29) is 17.3 Å². The normalized spacial score (nSPS) is 20.0. The van der Waals surface area contributed by atoms with Crippen LogP contribution in [0.3, 0.4) is 0 Å². The smallest absolute Gasteiger partial charge is 0.409 e. The molecule has 2 aliphatic rings. The van der Waals surface area contributed by atoms with Crippen molar-refractivity contribution in [2.75, 3.05) is 32.1 Å². The van der Waals surface area contributed by atoms with Gasteiger partial charge in [0.2, 0.25) is 0 Å². The number of piperidine rings is 1. The molecule has 2 aliphatic heterocycles. The molecule has 1 amide bonds. The molecule has 1 saturated heterocycles. The molecule has 102 valence electrons. The summed E-state index contributed by atoms with van der Waals surface area (Å²) in [5, 5.41) is 3.34. The standard InChI is InChI=1S/C14H17FN2O2/c1-19-13(18)17-6-4-14(5-7-17)9-16-12-3-2-10(15)8-11(12)14/h2-3,8,16H,4-7,9H2,1H3. The van der Waals surface area contributed by atoms with Crippen molar-refractivity contribution in [3.63, 3.8) is 0 Å². The van der Waals surface area contributed by atoms with E-state index in [1.54, 1.807) is 17.0 Å². The molecule has 1 N–H and O–H groups in total. The molecule has 0 saturated carbocycles. The van der Waals surface area contributed by atoms with Gasteiger partial charge in [0, 0.05) is 30.7 Å². The minimum absolute atomic E-state index is 0.0397. The Balaban J connectivity index is 1.82. The van der Waals surface area contributed by atoms with Crippen LogP contribution < -0.4 is 5.32 Å². The molecule has 1 aromatic carbocycles. The summed E-state index contributed by atoms with van der Waals surface area (Å²) >= 11 is 0. The maximum atomic E-state index is 13.4. The molecular weight excluding hydrogens is 247 g/mol. The SMILES string of the molecule is COC(=O)N1CCC2(CC1)CNc1ccc(F)cc12. The molecule has 0 bridgehead atoms. The molecule has 0 aliphatic carbocycles. The number of anilines is 1. The van der Waals surface area contributed by atoms with E-state index < -0.39 is 0 Å². The highest BCUT2D eigenvalue weighted by molar-refractivity contribution is 5.68. The lowest BCUT2D eigenvalue weighted by atomic mass is 9.74. The number of nitrogens with one attached hydrogen (secondary N) is 1. The Kier molecular flexibility index (Phi) is 2.84. The monoisotopic (exact) mass is 264 g/mol. The zero-order chi connectivity index (χ0) is 13.5. The number of methoxy groups -OCH3 is 1. The van der Waals surface area contributed by atoms with Crippen LogP contribution in [0.5, 0.6) is 0 Å². The van der Waals surface area contributed by atoms with Gasteiger partial charge in [0.1, 0.15) is 5.82 Å². The average molecular weight is 264 g/mol. The van der Waals surface area contributed by atoms with Gasteiger partial charge in [-0.2, -0.15) is 0 Å². The van der Waals surface area contributed by atoms with Gasteiger partial charge < -0.3 is 15.0 Å². The van der Waals surface area contributed by atoms with E-state index in [0.29, 0.717) is 13.1 Å². The van der Waals surface area contributed by atoms with Crippen molar-refractivity contribution in [3.05, 3.63) is 29.6 Å². The largest absolute Gasteiger partial charge is 0.453 e. The van der Waals surface area contributed by atoms with E-state index in [2.05, 4.69) is 5.32 Å². The maximum Gasteiger partial charge on any atom is 0.409 e. The van der Waals surface area contributed by atoms with Crippen LogP contribution in [-0.2, 0) is 10.2 Å². The molecule has 0 atom stereocenters. The van der Waals surface area contributed by atoms with Gasteiger partial charge in [-0.25, -0.2) is 9.18 Å².